The molecular formula is C27H31N7. The summed E-state index contributed by atoms with van der Waals surface area (Å²) in [7, 11) is 0. The molecule has 0 atom stereocenters. The number of anilines is 2. The SMILES string of the molecule is Cc1ccnnc1N1CCC(CNc2nc(-c3ccccc3C(C)C)nc3ncccc23)CC1. The van der Waals surface area contributed by atoms with Crippen LogP contribution in [0.5, 0.6) is 0 Å². The molecule has 34 heavy (non-hydrogen) atoms. The lowest BCUT2D eigenvalue weighted by atomic mass is 9.96. The van der Waals surface area contributed by atoms with E-state index in [1.165, 1.54) is 11.1 Å². The average Bonchev–Trinajstić information content (AvgIpc) is 2.88. The van der Waals surface area contributed by atoms with Gasteiger partial charge in [0.15, 0.2) is 17.3 Å². The normalized spacial score (nSPS) is 14.6. The highest BCUT2D eigenvalue weighted by atomic mass is 15.3. The first kappa shape index (κ1) is 22.2. The van der Waals surface area contributed by atoms with E-state index < -0.39 is 0 Å². The molecule has 0 saturated carbocycles. The molecule has 0 aliphatic carbocycles. The van der Waals surface area contributed by atoms with E-state index in [9.17, 15) is 0 Å². The number of pyridine rings is 1. The summed E-state index contributed by atoms with van der Waals surface area (Å²) in [6.45, 7) is 9.36. The minimum atomic E-state index is 0.388. The molecule has 7 nitrogen and oxygen atoms in total. The molecule has 1 aromatic carbocycles. The lowest BCUT2D eigenvalue weighted by Crippen LogP contribution is -2.37. The molecule has 5 rings (SSSR count). The lowest BCUT2D eigenvalue weighted by Gasteiger charge is -2.33. The molecule has 4 heterocycles. The van der Waals surface area contributed by atoms with E-state index in [4.69, 9.17) is 9.97 Å². The Labute approximate surface area is 200 Å². The molecule has 174 valence electrons. The number of nitrogens with zero attached hydrogens (tertiary/aromatic N) is 6. The van der Waals surface area contributed by atoms with Gasteiger partial charge >= 0.3 is 0 Å². The van der Waals surface area contributed by atoms with Crippen molar-refractivity contribution in [3.63, 3.8) is 0 Å². The Balaban J connectivity index is 1.35. The first-order valence-electron chi connectivity index (χ1n) is 12.1. The summed E-state index contributed by atoms with van der Waals surface area (Å²) < 4.78 is 0. The number of piperidine rings is 1. The quantitative estimate of drug-likeness (QED) is 0.427. The predicted molar refractivity (Wildman–Crippen MR) is 137 cm³/mol. The van der Waals surface area contributed by atoms with Gasteiger partial charge in [0.05, 0.1) is 11.6 Å². The van der Waals surface area contributed by atoms with Crippen molar-refractivity contribution >= 4 is 22.7 Å². The van der Waals surface area contributed by atoms with Gasteiger partial charge in [0, 0.05) is 31.4 Å². The number of rotatable bonds is 6. The zero-order valence-electron chi connectivity index (χ0n) is 20.1. The number of hydrogen-bond acceptors (Lipinski definition) is 7. The topological polar surface area (TPSA) is 79.7 Å². The summed E-state index contributed by atoms with van der Waals surface area (Å²) in [5, 5.41) is 13.0. The number of aromatic nitrogens is 5. The van der Waals surface area contributed by atoms with Gasteiger partial charge in [-0.05, 0) is 60.9 Å². The smallest absolute Gasteiger partial charge is 0.165 e. The maximum Gasteiger partial charge on any atom is 0.165 e. The van der Waals surface area contributed by atoms with Gasteiger partial charge in [-0.2, -0.15) is 5.10 Å². The van der Waals surface area contributed by atoms with Gasteiger partial charge in [0.1, 0.15) is 5.82 Å². The molecule has 1 aliphatic heterocycles. The second-order valence-electron chi connectivity index (χ2n) is 9.36. The van der Waals surface area contributed by atoms with Crippen molar-refractivity contribution in [3.05, 3.63) is 66.0 Å². The van der Waals surface area contributed by atoms with E-state index in [1.807, 2.05) is 24.3 Å². The second-order valence-corrected chi connectivity index (χ2v) is 9.36. The van der Waals surface area contributed by atoms with Crippen LogP contribution in [0.4, 0.5) is 11.6 Å². The molecule has 4 aromatic rings. The molecule has 0 unspecified atom stereocenters. The number of fused-ring (bicyclic) bond motifs is 1. The molecular weight excluding hydrogens is 422 g/mol. The second kappa shape index (κ2) is 9.71. The van der Waals surface area contributed by atoms with Crippen LogP contribution in [0.15, 0.2) is 54.9 Å². The Hall–Kier alpha value is -3.61. The van der Waals surface area contributed by atoms with E-state index >= 15 is 0 Å². The van der Waals surface area contributed by atoms with Gasteiger partial charge in [-0.3, -0.25) is 0 Å². The summed E-state index contributed by atoms with van der Waals surface area (Å²) in [6, 6.07) is 14.4. The maximum atomic E-state index is 4.98. The first-order chi connectivity index (χ1) is 16.6. The predicted octanol–water partition coefficient (Wildman–Crippen LogP) is 5.24. The highest BCUT2D eigenvalue weighted by molar-refractivity contribution is 5.88. The minimum absolute atomic E-state index is 0.388. The van der Waals surface area contributed by atoms with Gasteiger partial charge in [-0.15, -0.1) is 5.10 Å². The van der Waals surface area contributed by atoms with Crippen molar-refractivity contribution in [1.82, 2.24) is 25.1 Å². The Morgan fingerprint density at radius 2 is 1.82 bits per heavy atom. The van der Waals surface area contributed by atoms with Gasteiger partial charge < -0.3 is 10.2 Å². The van der Waals surface area contributed by atoms with Crippen LogP contribution < -0.4 is 10.2 Å². The van der Waals surface area contributed by atoms with Gasteiger partial charge in [0.2, 0.25) is 0 Å². The third-order valence-corrected chi connectivity index (χ3v) is 6.66. The first-order valence-corrected chi connectivity index (χ1v) is 12.1. The summed E-state index contributed by atoms with van der Waals surface area (Å²) in [5.41, 5.74) is 4.22. The Morgan fingerprint density at radius 3 is 2.62 bits per heavy atom. The Kier molecular flexibility index (Phi) is 6.34. The monoisotopic (exact) mass is 453 g/mol. The molecule has 1 N–H and O–H groups in total. The molecule has 1 aliphatic rings. The highest BCUT2D eigenvalue weighted by Crippen LogP contribution is 2.30. The number of nitrogens with one attached hydrogen (secondary N) is 1. The van der Waals surface area contributed by atoms with Crippen LogP contribution in [0, 0.1) is 12.8 Å². The highest BCUT2D eigenvalue weighted by Gasteiger charge is 2.22. The molecule has 1 fully saturated rings. The standard InChI is InChI=1S/C27H31N7/c1-18(2)21-7-4-5-8-22(21)26-31-24-23(9-6-13-28-24)25(32-26)29-17-20-11-15-34(16-12-20)27-19(3)10-14-30-33-27/h4-10,13-14,18,20H,11-12,15-17H2,1-3H3,(H,28,29,31,32). The molecule has 7 heteroatoms. The fourth-order valence-electron chi connectivity index (χ4n) is 4.71. The van der Waals surface area contributed by atoms with Crippen molar-refractivity contribution in [2.45, 2.75) is 39.5 Å². The number of aryl methyl sites for hydroxylation is 1. The fraction of sp³-hybridized carbons (Fsp3) is 0.370. The number of benzene rings is 1. The van der Waals surface area contributed by atoms with Crippen LogP contribution in [0.25, 0.3) is 22.4 Å². The van der Waals surface area contributed by atoms with E-state index in [0.717, 1.165) is 66.5 Å². The van der Waals surface area contributed by atoms with E-state index in [1.54, 1.807) is 12.4 Å². The largest absolute Gasteiger partial charge is 0.369 e. The molecule has 0 radical (unpaired) electrons. The van der Waals surface area contributed by atoms with Gasteiger partial charge in [-0.25, -0.2) is 15.0 Å². The fourth-order valence-corrected chi connectivity index (χ4v) is 4.71. The summed E-state index contributed by atoms with van der Waals surface area (Å²) in [6.07, 6.45) is 5.76. The zero-order chi connectivity index (χ0) is 23.5. The van der Waals surface area contributed by atoms with Crippen molar-refractivity contribution in [2.75, 3.05) is 29.9 Å². The summed E-state index contributed by atoms with van der Waals surface area (Å²) in [5.74, 6) is 3.56. The molecule has 0 amide bonds. The van der Waals surface area contributed by atoms with E-state index in [2.05, 4.69) is 64.4 Å². The summed E-state index contributed by atoms with van der Waals surface area (Å²) in [4.78, 5) is 16.7. The van der Waals surface area contributed by atoms with Crippen LogP contribution in [-0.4, -0.2) is 44.8 Å². The zero-order valence-corrected chi connectivity index (χ0v) is 20.1. The van der Waals surface area contributed by atoms with Crippen LogP contribution in [0.1, 0.15) is 43.7 Å². The molecule has 0 bridgehead atoms. The Bertz CT molecular complexity index is 1280. The average molecular weight is 454 g/mol. The van der Waals surface area contributed by atoms with Crippen molar-refractivity contribution in [1.29, 1.82) is 0 Å². The van der Waals surface area contributed by atoms with Crippen molar-refractivity contribution in [2.24, 2.45) is 5.92 Å². The third-order valence-electron chi connectivity index (χ3n) is 6.66. The van der Waals surface area contributed by atoms with Crippen LogP contribution in [-0.2, 0) is 0 Å². The van der Waals surface area contributed by atoms with Gasteiger partial charge in [0.25, 0.3) is 0 Å². The number of hydrogen-bond donors (Lipinski definition) is 1. The van der Waals surface area contributed by atoms with E-state index in [0.29, 0.717) is 11.8 Å². The Morgan fingerprint density at radius 1 is 1.00 bits per heavy atom. The van der Waals surface area contributed by atoms with Gasteiger partial charge in [-0.1, -0.05) is 38.1 Å². The van der Waals surface area contributed by atoms with E-state index in [-0.39, 0.29) is 0 Å². The van der Waals surface area contributed by atoms with Crippen molar-refractivity contribution < 1.29 is 0 Å². The lowest BCUT2D eigenvalue weighted by molar-refractivity contribution is 0.420. The van der Waals surface area contributed by atoms with Crippen LogP contribution in [0.2, 0.25) is 0 Å². The minimum Gasteiger partial charge on any atom is -0.369 e. The molecule has 3 aromatic heterocycles. The third kappa shape index (κ3) is 4.55. The molecule has 1 saturated heterocycles. The maximum absolute atomic E-state index is 4.98. The molecule has 0 spiro atoms. The van der Waals surface area contributed by atoms with Crippen molar-refractivity contribution in [3.8, 4) is 11.4 Å². The summed E-state index contributed by atoms with van der Waals surface area (Å²) >= 11 is 0. The van der Waals surface area contributed by atoms with Crippen LogP contribution >= 0.6 is 0 Å². The van der Waals surface area contributed by atoms with Crippen LogP contribution in [0.3, 0.4) is 0 Å².